The van der Waals surface area contributed by atoms with Gasteiger partial charge in [0.05, 0.1) is 11.6 Å². The molecule has 2 rings (SSSR count). The Labute approximate surface area is 97.2 Å². The van der Waals surface area contributed by atoms with E-state index >= 15 is 0 Å². The van der Waals surface area contributed by atoms with Crippen molar-refractivity contribution in [3.63, 3.8) is 0 Å². The highest BCUT2D eigenvalue weighted by atomic mass is 16.5. The molecule has 1 atom stereocenters. The van der Waals surface area contributed by atoms with Crippen LogP contribution < -0.4 is 5.32 Å². The lowest BCUT2D eigenvalue weighted by Crippen LogP contribution is -2.42. The number of rotatable bonds is 5. The molecule has 3 heteroatoms. The Bertz CT molecular complexity index is 336. The molecular formula is C13H21NO2. The van der Waals surface area contributed by atoms with E-state index in [0.29, 0.717) is 0 Å². The van der Waals surface area contributed by atoms with Gasteiger partial charge in [0.25, 0.3) is 0 Å². The fourth-order valence-corrected chi connectivity index (χ4v) is 2.42. The molecule has 1 N–H and O–H groups in total. The standard InChI is InChI=1S/C13H21NO2/c1-10-5-6-12(16-10)11(14-2)9-13(15-3)7-4-8-13/h5-6,11,14H,4,7-9H2,1-3H3. The first-order valence-corrected chi connectivity index (χ1v) is 5.98. The monoisotopic (exact) mass is 223 g/mol. The molecule has 0 spiro atoms. The van der Waals surface area contributed by atoms with Crippen LogP contribution >= 0.6 is 0 Å². The molecule has 90 valence electrons. The molecule has 1 aromatic rings. The van der Waals surface area contributed by atoms with Crippen molar-refractivity contribution in [3.05, 3.63) is 23.7 Å². The molecule has 1 aliphatic carbocycles. The second kappa shape index (κ2) is 4.60. The summed E-state index contributed by atoms with van der Waals surface area (Å²) in [5, 5.41) is 3.32. The molecule has 0 saturated heterocycles. The summed E-state index contributed by atoms with van der Waals surface area (Å²) in [6.07, 6.45) is 4.61. The van der Waals surface area contributed by atoms with Crippen LogP contribution in [0.15, 0.2) is 16.5 Å². The molecular weight excluding hydrogens is 202 g/mol. The van der Waals surface area contributed by atoms with E-state index in [1.807, 2.05) is 27.1 Å². The van der Waals surface area contributed by atoms with E-state index in [9.17, 15) is 0 Å². The molecule has 1 unspecified atom stereocenters. The minimum atomic E-state index is 0.0777. The van der Waals surface area contributed by atoms with E-state index in [-0.39, 0.29) is 11.6 Å². The van der Waals surface area contributed by atoms with E-state index in [1.165, 1.54) is 19.3 Å². The highest BCUT2D eigenvalue weighted by Crippen LogP contribution is 2.41. The number of hydrogen-bond donors (Lipinski definition) is 1. The summed E-state index contributed by atoms with van der Waals surface area (Å²) in [7, 11) is 3.80. The van der Waals surface area contributed by atoms with Crippen molar-refractivity contribution in [2.45, 2.75) is 44.2 Å². The summed E-state index contributed by atoms with van der Waals surface area (Å²) in [4.78, 5) is 0. The van der Waals surface area contributed by atoms with Crippen molar-refractivity contribution in [2.24, 2.45) is 0 Å². The molecule has 0 amide bonds. The summed E-state index contributed by atoms with van der Waals surface area (Å²) in [6, 6.07) is 4.33. The van der Waals surface area contributed by atoms with Crippen molar-refractivity contribution in [1.29, 1.82) is 0 Å². The zero-order chi connectivity index (χ0) is 11.6. The Morgan fingerprint density at radius 2 is 2.25 bits per heavy atom. The Morgan fingerprint density at radius 1 is 1.50 bits per heavy atom. The molecule has 16 heavy (non-hydrogen) atoms. The molecule has 1 fully saturated rings. The fourth-order valence-electron chi connectivity index (χ4n) is 2.42. The lowest BCUT2D eigenvalue weighted by molar-refractivity contribution is -0.0845. The van der Waals surface area contributed by atoms with Gasteiger partial charge in [-0.05, 0) is 51.8 Å². The van der Waals surface area contributed by atoms with Crippen molar-refractivity contribution in [2.75, 3.05) is 14.2 Å². The minimum Gasteiger partial charge on any atom is -0.465 e. The third-order valence-corrected chi connectivity index (χ3v) is 3.73. The summed E-state index contributed by atoms with van der Waals surface area (Å²) < 4.78 is 11.3. The Hall–Kier alpha value is -0.800. The first-order chi connectivity index (χ1) is 7.69. The van der Waals surface area contributed by atoms with Crippen LogP contribution in [0.2, 0.25) is 0 Å². The molecule has 1 saturated carbocycles. The van der Waals surface area contributed by atoms with Gasteiger partial charge in [-0.25, -0.2) is 0 Å². The molecule has 1 aliphatic rings. The lowest BCUT2D eigenvalue weighted by Gasteiger charge is -2.42. The second-order valence-corrected chi connectivity index (χ2v) is 4.73. The van der Waals surface area contributed by atoms with Crippen LogP contribution in [-0.2, 0) is 4.74 Å². The first-order valence-electron chi connectivity index (χ1n) is 5.98. The number of furan rings is 1. The predicted octanol–water partition coefficient (Wildman–Crippen LogP) is 2.81. The van der Waals surface area contributed by atoms with Crippen molar-refractivity contribution >= 4 is 0 Å². The highest BCUT2D eigenvalue weighted by Gasteiger charge is 2.39. The predicted molar refractivity (Wildman–Crippen MR) is 63.5 cm³/mol. The van der Waals surface area contributed by atoms with Gasteiger partial charge in [-0.2, -0.15) is 0 Å². The first kappa shape index (κ1) is 11.7. The lowest BCUT2D eigenvalue weighted by atomic mass is 9.75. The largest absolute Gasteiger partial charge is 0.465 e. The number of aryl methyl sites for hydroxylation is 1. The average molecular weight is 223 g/mol. The Balaban J connectivity index is 2.05. The van der Waals surface area contributed by atoms with Crippen LogP contribution in [0, 0.1) is 6.92 Å². The fraction of sp³-hybridized carbons (Fsp3) is 0.692. The van der Waals surface area contributed by atoms with Crippen LogP contribution in [0.1, 0.15) is 43.2 Å². The zero-order valence-electron chi connectivity index (χ0n) is 10.4. The Morgan fingerprint density at radius 3 is 2.62 bits per heavy atom. The number of methoxy groups -OCH3 is 1. The topological polar surface area (TPSA) is 34.4 Å². The summed E-state index contributed by atoms with van der Waals surface area (Å²) in [5.74, 6) is 1.98. The summed E-state index contributed by atoms with van der Waals surface area (Å²) >= 11 is 0. The van der Waals surface area contributed by atoms with Crippen LogP contribution in [0.25, 0.3) is 0 Å². The smallest absolute Gasteiger partial charge is 0.121 e. The quantitative estimate of drug-likeness (QED) is 0.833. The number of hydrogen-bond acceptors (Lipinski definition) is 3. The third-order valence-electron chi connectivity index (χ3n) is 3.73. The van der Waals surface area contributed by atoms with Gasteiger partial charge in [0, 0.05) is 7.11 Å². The van der Waals surface area contributed by atoms with Gasteiger partial charge in [-0.3, -0.25) is 0 Å². The average Bonchev–Trinajstić information content (AvgIpc) is 2.65. The van der Waals surface area contributed by atoms with E-state index in [0.717, 1.165) is 17.9 Å². The van der Waals surface area contributed by atoms with Gasteiger partial charge in [0.2, 0.25) is 0 Å². The molecule has 1 aromatic heterocycles. The van der Waals surface area contributed by atoms with Gasteiger partial charge >= 0.3 is 0 Å². The Kier molecular flexibility index (Phi) is 3.36. The van der Waals surface area contributed by atoms with E-state index in [4.69, 9.17) is 9.15 Å². The van der Waals surface area contributed by atoms with Crippen LogP contribution in [-0.4, -0.2) is 19.8 Å². The van der Waals surface area contributed by atoms with Crippen LogP contribution in [0.5, 0.6) is 0 Å². The molecule has 0 aromatic carbocycles. The maximum atomic E-state index is 5.68. The van der Waals surface area contributed by atoms with Gasteiger partial charge in [0.1, 0.15) is 11.5 Å². The minimum absolute atomic E-state index is 0.0777. The van der Waals surface area contributed by atoms with Crippen LogP contribution in [0.4, 0.5) is 0 Å². The van der Waals surface area contributed by atoms with Crippen molar-refractivity contribution in [3.8, 4) is 0 Å². The number of ether oxygens (including phenoxy) is 1. The second-order valence-electron chi connectivity index (χ2n) is 4.73. The zero-order valence-corrected chi connectivity index (χ0v) is 10.4. The van der Waals surface area contributed by atoms with Crippen molar-refractivity contribution in [1.82, 2.24) is 5.32 Å². The van der Waals surface area contributed by atoms with Gasteiger partial charge in [-0.1, -0.05) is 0 Å². The van der Waals surface area contributed by atoms with Gasteiger partial charge in [0.15, 0.2) is 0 Å². The number of nitrogens with one attached hydrogen (secondary N) is 1. The molecule has 1 heterocycles. The van der Waals surface area contributed by atoms with E-state index in [1.54, 1.807) is 0 Å². The normalized spacial score (nSPS) is 20.4. The van der Waals surface area contributed by atoms with Gasteiger partial charge in [-0.15, -0.1) is 0 Å². The van der Waals surface area contributed by atoms with Crippen molar-refractivity contribution < 1.29 is 9.15 Å². The molecule has 0 aliphatic heterocycles. The van der Waals surface area contributed by atoms with E-state index < -0.39 is 0 Å². The molecule has 0 radical (unpaired) electrons. The maximum absolute atomic E-state index is 5.68. The van der Waals surface area contributed by atoms with E-state index in [2.05, 4.69) is 11.4 Å². The summed E-state index contributed by atoms with van der Waals surface area (Å²) in [6.45, 7) is 1.98. The maximum Gasteiger partial charge on any atom is 0.121 e. The van der Waals surface area contributed by atoms with Gasteiger partial charge < -0.3 is 14.5 Å². The molecule has 0 bridgehead atoms. The SMILES string of the molecule is CNC(CC1(OC)CCC1)c1ccc(C)o1. The highest BCUT2D eigenvalue weighted by molar-refractivity contribution is 5.11. The van der Waals surface area contributed by atoms with Crippen LogP contribution in [0.3, 0.4) is 0 Å². The third kappa shape index (κ3) is 2.15. The molecule has 3 nitrogen and oxygen atoms in total. The summed E-state index contributed by atoms with van der Waals surface area (Å²) in [5.41, 5.74) is 0.0777.